The van der Waals surface area contributed by atoms with Gasteiger partial charge < -0.3 is 15.0 Å². The molecule has 1 aliphatic heterocycles. The molecule has 0 bridgehead atoms. The van der Waals surface area contributed by atoms with Crippen molar-refractivity contribution in [2.75, 3.05) is 13.7 Å². The van der Waals surface area contributed by atoms with E-state index in [2.05, 4.69) is 5.32 Å². The minimum atomic E-state index is -0.781. The van der Waals surface area contributed by atoms with Gasteiger partial charge in [0.15, 0.2) is 0 Å². The molecule has 5 nitrogen and oxygen atoms in total. The maximum Gasteiger partial charge on any atom is 0.248 e. The third kappa shape index (κ3) is 2.60. The van der Waals surface area contributed by atoms with Crippen LogP contribution in [0.1, 0.15) is 34.1 Å². The molecule has 3 unspecified atom stereocenters. The molecule has 0 saturated carbocycles. The zero-order chi connectivity index (χ0) is 13.2. The summed E-state index contributed by atoms with van der Waals surface area (Å²) >= 11 is 0. The van der Waals surface area contributed by atoms with Gasteiger partial charge in [-0.2, -0.15) is 0 Å². The molecule has 3 atom stereocenters. The van der Waals surface area contributed by atoms with Gasteiger partial charge in [0.1, 0.15) is 11.6 Å². The Morgan fingerprint density at radius 1 is 1.53 bits per heavy atom. The molecule has 0 aromatic carbocycles. The minimum absolute atomic E-state index is 0.0315. The zero-order valence-electron chi connectivity index (χ0n) is 11.2. The fourth-order valence-corrected chi connectivity index (χ4v) is 1.90. The summed E-state index contributed by atoms with van der Waals surface area (Å²) in [6, 6.07) is -0.431. The number of hydrogen-bond donors (Lipinski definition) is 1. The number of methoxy groups -OCH3 is 1. The fourth-order valence-electron chi connectivity index (χ4n) is 1.90. The molecule has 98 valence electrons. The van der Waals surface area contributed by atoms with E-state index in [1.54, 1.807) is 25.9 Å². The molecule has 2 amide bonds. The van der Waals surface area contributed by atoms with E-state index in [9.17, 15) is 9.59 Å². The highest BCUT2D eigenvalue weighted by molar-refractivity contribution is 5.99. The van der Waals surface area contributed by atoms with Crippen LogP contribution in [-0.4, -0.2) is 48.1 Å². The number of carbonyl (C=O) groups excluding carboxylic acids is 2. The van der Waals surface area contributed by atoms with Gasteiger partial charge in [-0.15, -0.1) is 0 Å². The smallest absolute Gasteiger partial charge is 0.248 e. The Bertz CT molecular complexity index is 319. The third-order valence-electron chi connectivity index (χ3n) is 3.54. The largest absolute Gasteiger partial charge is 0.380 e. The number of hydrogen-bond acceptors (Lipinski definition) is 3. The molecule has 1 fully saturated rings. The Morgan fingerprint density at radius 3 is 2.59 bits per heavy atom. The first-order valence-electron chi connectivity index (χ1n) is 6.01. The van der Waals surface area contributed by atoms with Crippen molar-refractivity contribution >= 4 is 11.8 Å². The Hall–Kier alpha value is -1.10. The molecule has 5 heteroatoms. The molecule has 1 saturated heterocycles. The maximum absolute atomic E-state index is 12.3. The van der Waals surface area contributed by atoms with Crippen molar-refractivity contribution in [2.45, 2.75) is 51.8 Å². The summed E-state index contributed by atoms with van der Waals surface area (Å²) in [5.41, 5.74) is -0.781. The first kappa shape index (κ1) is 14.0. The molecule has 1 N–H and O–H groups in total. The molecule has 1 rings (SSSR count). The lowest BCUT2D eigenvalue weighted by Gasteiger charge is -2.43. The lowest BCUT2D eigenvalue weighted by atomic mass is 9.92. The number of nitrogens with one attached hydrogen (secondary N) is 1. The Morgan fingerprint density at radius 2 is 2.12 bits per heavy atom. The van der Waals surface area contributed by atoms with E-state index in [0.717, 1.165) is 0 Å². The van der Waals surface area contributed by atoms with Gasteiger partial charge >= 0.3 is 0 Å². The van der Waals surface area contributed by atoms with Crippen LogP contribution in [0.3, 0.4) is 0 Å². The van der Waals surface area contributed by atoms with Gasteiger partial charge in [-0.05, 0) is 27.2 Å². The van der Waals surface area contributed by atoms with Crippen molar-refractivity contribution in [3.8, 4) is 0 Å². The van der Waals surface area contributed by atoms with E-state index in [1.165, 1.54) is 0 Å². The summed E-state index contributed by atoms with van der Waals surface area (Å²) < 4.78 is 5.16. The highest BCUT2D eigenvalue weighted by atomic mass is 16.5. The number of amides is 2. The summed E-state index contributed by atoms with van der Waals surface area (Å²) in [4.78, 5) is 25.8. The standard InChI is InChI=1S/C12H22N2O3/c1-6-12(4)11(16)14(7-8(2)17-5)9(3)10(15)13-12/h8-9H,6-7H2,1-5H3,(H,13,15). The van der Waals surface area contributed by atoms with Crippen LogP contribution < -0.4 is 5.32 Å². The van der Waals surface area contributed by atoms with Crippen molar-refractivity contribution < 1.29 is 14.3 Å². The van der Waals surface area contributed by atoms with Gasteiger partial charge in [0.25, 0.3) is 0 Å². The first-order valence-corrected chi connectivity index (χ1v) is 6.01. The predicted molar refractivity (Wildman–Crippen MR) is 64.5 cm³/mol. The quantitative estimate of drug-likeness (QED) is 0.782. The molecule has 17 heavy (non-hydrogen) atoms. The highest BCUT2D eigenvalue weighted by Crippen LogP contribution is 2.21. The number of carbonyl (C=O) groups is 2. The normalized spacial score (nSPS) is 31.4. The van der Waals surface area contributed by atoms with E-state index in [4.69, 9.17) is 4.74 Å². The van der Waals surface area contributed by atoms with Crippen LogP contribution >= 0.6 is 0 Å². The van der Waals surface area contributed by atoms with Crippen molar-refractivity contribution in [2.24, 2.45) is 0 Å². The van der Waals surface area contributed by atoms with Crippen LogP contribution in [0.5, 0.6) is 0 Å². The van der Waals surface area contributed by atoms with Crippen LogP contribution in [0.25, 0.3) is 0 Å². The molecule has 0 aromatic heterocycles. The van der Waals surface area contributed by atoms with Crippen LogP contribution in [-0.2, 0) is 14.3 Å². The second-order valence-corrected chi connectivity index (χ2v) is 4.85. The number of ether oxygens (including phenoxy) is 1. The average molecular weight is 242 g/mol. The van der Waals surface area contributed by atoms with Crippen LogP contribution in [0.2, 0.25) is 0 Å². The van der Waals surface area contributed by atoms with E-state index in [0.29, 0.717) is 13.0 Å². The maximum atomic E-state index is 12.3. The summed E-state index contributed by atoms with van der Waals surface area (Å²) in [6.07, 6.45) is 0.510. The molecular formula is C12H22N2O3. The van der Waals surface area contributed by atoms with Gasteiger partial charge in [-0.25, -0.2) is 0 Å². The van der Waals surface area contributed by atoms with Crippen LogP contribution in [0.15, 0.2) is 0 Å². The fraction of sp³-hybridized carbons (Fsp3) is 0.833. The molecule has 0 radical (unpaired) electrons. The van der Waals surface area contributed by atoms with Crippen molar-refractivity contribution in [3.05, 3.63) is 0 Å². The molecule has 0 aliphatic carbocycles. The van der Waals surface area contributed by atoms with Crippen molar-refractivity contribution in [1.82, 2.24) is 10.2 Å². The predicted octanol–water partition coefficient (Wildman–Crippen LogP) is 0.537. The molecule has 0 spiro atoms. The number of nitrogens with zero attached hydrogens (tertiary/aromatic N) is 1. The molecule has 1 heterocycles. The van der Waals surface area contributed by atoms with Gasteiger partial charge in [0, 0.05) is 13.7 Å². The highest BCUT2D eigenvalue weighted by Gasteiger charge is 2.45. The van der Waals surface area contributed by atoms with Gasteiger partial charge in [0.2, 0.25) is 11.8 Å². The van der Waals surface area contributed by atoms with Crippen LogP contribution in [0, 0.1) is 0 Å². The summed E-state index contributed by atoms with van der Waals surface area (Å²) in [6.45, 7) is 7.73. The van der Waals surface area contributed by atoms with Gasteiger partial charge in [-0.3, -0.25) is 9.59 Å². The lowest BCUT2D eigenvalue weighted by Crippen LogP contribution is -2.69. The molecule has 0 aromatic rings. The van der Waals surface area contributed by atoms with Gasteiger partial charge in [0.05, 0.1) is 6.10 Å². The minimum Gasteiger partial charge on any atom is -0.380 e. The Labute approximate surface area is 102 Å². The third-order valence-corrected chi connectivity index (χ3v) is 3.54. The van der Waals surface area contributed by atoms with E-state index < -0.39 is 11.6 Å². The first-order chi connectivity index (χ1) is 7.85. The second-order valence-electron chi connectivity index (χ2n) is 4.85. The number of rotatable bonds is 4. The van der Waals surface area contributed by atoms with Crippen molar-refractivity contribution in [1.29, 1.82) is 0 Å². The van der Waals surface area contributed by atoms with E-state index in [-0.39, 0.29) is 17.9 Å². The zero-order valence-corrected chi connectivity index (χ0v) is 11.2. The average Bonchev–Trinajstić information content (AvgIpc) is 2.31. The summed E-state index contributed by atoms with van der Waals surface area (Å²) in [5, 5.41) is 2.79. The van der Waals surface area contributed by atoms with E-state index >= 15 is 0 Å². The Balaban J connectivity index is 2.92. The monoisotopic (exact) mass is 242 g/mol. The summed E-state index contributed by atoms with van der Waals surface area (Å²) in [5.74, 6) is -0.131. The van der Waals surface area contributed by atoms with Crippen molar-refractivity contribution in [3.63, 3.8) is 0 Å². The van der Waals surface area contributed by atoms with E-state index in [1.807, 2.05) is 13.8 Å². The Kier molecular flexibility index (Phi) is 4.14. The summed E-state index contributed by atoms with van der Waals surface area (Å²) in [7, 11) is 1.60. The molecule has 1 aliphatic rings. The van der Waals surface area contributed by atoms with Gasteiger partial charge in [-0.1, -0.05) is 6.92 Å². The lowest BCUT2D eigenvalue weighted by molar-refractivity contribution is -0.155. The van der Waals surface area contributed by atoms with Crippen LogP contribution in [0.4, 0.5) is 0 Å². The SMILES string of the molecule is CCC1(C)NC(=O)C(C)N(CC(C)OC)C1=O. The topological polar surface area (TPSA) is 58.6 Å². The molecular weight excluding hydrogens is 220 g/mol. The second kappa shape index (κ2) is 5.04. The number of piperazine rings is 1.